The minimum absolute atomic E-state index is 0.0367. The molecule has 110 valence electrons. The molecule has 1 unspecified atom stereocenters. The van der Waals surface area contributed by atoms with E-state index in [4.69, 9.17) is 0 Å². The van der Waals surface area contributed by atoms with E-state index in [0.29, 0.717) is 5.92 Å². The molecule has 1 saturated carbocycles. The molecular weight excluding hydrogens is 257 g/mol. The fourth-order valence-corrected chi connectivity index (χ4v) is 2.91. The lowest BCUT2D eigenvalue weighted by atomic mass is 9.85. The summed E-state index contributed by atoms with van der Waals surface area (Å²) in [5.74, 6) is -0.417. The third-order valence-corrected chi connectivity index (χ3v) is 4.02. The summed E-state index contributed by atoms with van der Waals surface area (Å²) in [7, 11) is 0. The smallest absolute Gasteiger partial charge is 0.254 e. The summed E-state index contributed by atoms with van der Waals surface area (Å²) in [5, 5.41) is 12.2. The van der Waals surface area contributed by atoms with E-state index in [1.54, 1.807) is 12.1 Å². The SMILES string of the molecule is O=C(NC(CO)CC1CCCCC1)c1ccccc1F. The van der Waals surface area contributed by atoms with E-state index < -0.39 is 11.7 Å². The summed E-state index contributed by atoms with van der Waals surface area (Å²) in [4.78, 5) is 12.0. The van der Waals surface area contributed by atoms with Gasteiger partial charge in [-0.05, 0) is 24.5 Å². The predicted octanol–water partition coefficient (Wildman–Crippen LogP) is 2.89. The second-order valence-corrected chi connectivity index (χ2v) is 5.57. The first-order valence-corrected chi connectivity index (χ1v) is 7.37. The lowest BCUT2D eigenvalue weighted by Gasteiger charge is -2.26. The number of aliphatic hydroxyl groups excluding tert-OH is 1. The molecule has 1 aliphatic carbocycles. The fraction of sp³-hybridized carbons (Fsp3) is 0.562. The normalized spacial score (nSPS) is 17.7. The Morgan fingerprint density at radius 2 is 2.00 bits per heavy atom. The van der Waals surface area contributed by atoms with Gasteiger partial charge in [-0.3, -0.25) is 4.79 Å². The van der Waals surface area contributed by atoms with Crippen LogP contribution in [0.4, 0.5) is 4.39 Å². The third kappa shape index (κ3) is 4.04. The van der Waals surface area contributed by atoms with Crippen molar-refractivity contribution in [3.63, 3.8) is 0 Å². The Kier molecular flexibility index (Phi) is 5.53. The first kappa shape index (κ1) is 15.0. The van der Waals surface area contributed by atoms with Gasteiger partial charge in [-0.1, -0.05) is 44.2 Å². The molecule has 20 heavy (non-hydrogen) atoms. The Morgan fingerprint density at radius 3 is 2.65 bits per heavy atom. The molecule has 2 rings (SSSR count). The highest BCUT2D eigenvalue weighted by Crippen LogP contribution is 2.27. The highest BCUT2D eigenvalue weighted by molar-refractivity contribution is 5.94. The second-order valence-electron chi connectivity index (χ2n) is 5.57. The molecule has 1 amide bonds. The summed E-state index contributed by atoms with van der Waals surface area (Å²) in [5.41, 5.74) is 0.0367. The number of aliphatic hydroxyl groups is 1. The van der Waals surface area contributed by atoms with Gasteiger partial charge in [0.2, 0.25) is 0 Å². The molecule has 0 spiro atoms. The molecule has 3 nitrogen and oxygen atoms in total. The summed E-state index contributed by atoms with van der Waals surface area (Å²) in [6, 6.07) is 5.62. The molecule has 0 bridgehead atoms. The molecule has 1 atom stereocenters. The molecule has 4 heteroatoms. The maximum Gasteiger partial charge on any atom is 0.254 e. The van der Waals surface area contributed by atoms with Crippen molar-refractivity contribution < 1.29 is 14.3 Å². The van der Waals surface area contributed by atoms with Gasteiger partial charge in [0.25, 0.3) is 5.91 Å². The zero-order valence-electron chi connectivity index (χ0n) is 11.6. The predicted molar refractivity (Wildman–Crippen MR) is 75.9 cm³/mol. The zero-order chi connectivity index (χ0) is 14.4. The van der Waals surface area contributed by atoms with Gasteiger partial charge in [-0.2, -0.15) is 0 Å². The molecule has 2 N–H and O–H groups in total. The van der Waals surface area contributed by atoms with Crippen LogP contribution >= 0.6 is 0 Å². The highest BCUT2D eigenvalue weighted by atomic mass is 19.1. The van der Waals surface area contributed by atoms with Gasteiger partial charge in [0.1, 0.15) is 5.82 Å². The van der Waals surface area contributed by atoms with Gasteiger partial charge in [-0.25, -0.2) is 4.39 Å². The van der Waals surface area contributed by atoms with Crippen molar-refractivity contribution in [3.05, 3.63) is 35.6 Å². The molecule has 0 aromatic heterocycles. The van der Waals surface area contributed by atoms with Crippen LogP contribution in [0.3, 0.4) is 0 Å². The van der Waals surface area contributed by atoms with Crippen LogP contribution in [-0.4, -0.2) is 23.7 Å². The zero-order valence-corrected chi connectivity index (χ0v) is 11.6. The van der Waals surface area contributed by atoms with E-state index in [1.807, 2.05) is 0 Å². The van der Waals surface area contributed by atoms with Crippen molar-refractivity contribution in [3.8, 4) is 0 Å². The van der Waals surface area contributed by atoms with Gasteiger partial charge in [-0.15, -0.1) is 0 Å². The summed E-state index contributed by atoms with van der Waals surface area (Å²) >= 11 is 0. The van der Waals surface area contributed by atoms with Crippen LogP contribution in [0.25, 0.3) is 0 Å². The van der Waals surface area contributed by atoms with Gasteiger partial charge in [0.05, 0.1) is 18.2 Å². The number of carbonyl (C=O) groups excluding carboxylic acids is 1. The number of hydrogen-bond acceptors (Lipinski definition) is 2. The molecule has 1 aliphatic rings. The molecule has 1 fully saturated rings. The minimum Gasteiger partial charge on any atom is -0.394 e. The van der Waals surface area contributed by atoms with Gasteiger partial charge in [0, 0.05) is 0 Å². The van der Waals surface area contributed by atoms with E-state index >= 15 is 0 Å². The Hall–Kier alpha value is -1.42. The van der Waals surface area contributed by atoms with Crippen molar-refractivity contribution in [2.45, 2.75) is 44.6 Å². The number of hydrogen-bond donors (Lipinski definition) is 2. The van der Waals surface area contributed by atoms with Crippen molar-refractivity contribution >= 4 is 5.91 Å². The average Bonchev–Trinajstić information content (AvgIpc) is 2.48. The summed E-state index contributed by atoms with van der Waals surface area (Å²) in [6.07, 6.45) is 6.82. The van der Waals surface area contributed by atoms with Crippen molar-refractivity contribution in [1.29, 1.82) is 0 Å². The standard InChI is InChI=1S/C16H22FNO2/c17-15-9-5-4-8-14(15)16(20)18-13(11-19)10-12-6-2-1-3-7-12/h4-5,8-9,12-13,19H,1-3,6-7,10-11H2,(H,18,20). The van der Waals surface area contributed by atoms with Gasteiger partial charge < -0.3 is 10.4 Å². The van der Waals surface area contributed by atoms with Crippen LogP contribution in [0, 0.1) is 11.7 Å². The number of benzene rings is 1. The maximum absolute atomic E-state index is 13.5. The average molecular weight is 279 g/mol. The topological polar surface area (TPSA) is 49.3 Å². The third-order valence-electron chi connectivity index (χ3n) is 4.02. The van der Waals surface area contributed by atoms with Crippen molar-refractivity contribution in [1.82, 2.24) is 5.32 Å². The maximum atomic E-state index is 13.5. The van der Waals surface area contributed by atoms with E-state index in [2.05, 4.69) is 5.32 Å². The second kappa shape index (κ2) is 7.39. The van der Waals surface area contributed by atoms with E-state index in [9.17, 15) is 14.3 Å². The molecule has 0 saturated heterocycles. The van der Waals surface area contributed by atoms with Crippen LogP contribution in [0.1, 0.15) is 48.9 Å². The molecule has 0 heterocycles. The van der Waals surface area contributed by atoms with Gasteiger partial charge in [0.15, 0.2) is 0 Å². The van der Waals surface area contributed by atoms with Crippen LogP contribution in [0.5, 0.6) is 0 Å². The van der Waals surface area contributed by atoms with Gasteiger partial charge >= 0.3 is 0 Å². The molecule has 1 aromatic carbocycles. The number of rotatable bonds is 5. The first-order chi connectivity index (χ1) is 9.70. The monoisotopic (exact) mass is 279 g/mol. The van der Waals surface area contributed by atoms with E-state index in [1.165, 1.54) is 31.4 Å². The fourth-order valence-electron chi connectivity index (χ4n) is 2.91. The van der Waals surface area contributed by atoms with Crippen molar-refractivity contribution in [2.75, 3.05) is 6.61 Å². The molecule has 1 aromatic rings. The summed E-state index contributed by atoms with van der Waals surface area (Å²) < 4.78 is 13.5. The first-order valence-electron chi connectivity index (χ1n) is 7.37. The van der Waals surface area contributed by atoms with Crippen molar-refractivity contribution in [2.24, 2.45) is 5.92 Å². The Balaban J connectivity index is 1.92. The molecule has 0 aliphatic heterocycles. The number of amides is 1. The lowest BCUT2D eigenvalue weighted by Crippen LogP contribution is -2.39. The minimum atomic E-state index is -0.528. The molecule has 0 radical (unpaired) electrons. The van der Waals surface area contributed by atoms with E-state index in [-0.39, 0.29) is 18.2 Å². The lowest BCUT2D eigenvalue weighted by molar-refractivity contribution is 0.0898. The Labute approximate surface area is 119 Å². The largest absolute Gasteiger partial charge is 0.394 e. The quantitative estimate of drug-likeness (QED) is 0.870. The van der Waals surface area contributed by atoms with Crippen LogP contribution < -0.4 is 5.32 Å². The number of nitrogens with one attached hydrogen (secondary N) is 1. The molecular formula is C16H22FNO2. The van der Waals surface area contributed by atoms with E-state index in [0.717, 1.165) is 19.3 Å². The van der Waals surface area contributed by atoms with Crippen LogP contribution in [0.15, 0.2) is 24.3 Å². The van der Waals surface area contributed by atoms with Crippen LogP contribution in [0.2, 0.25) is 0 Å². The van der Waals surface area contributed by atoms with Crippen LogP contribution in [-0.2, 0) is 0 Å². The number of carbonyl (C=O) groups is 1. The Bertz CT molecular complexity index is 444. The Morgan fingerprint density at radius 1 is 1.30 bits per heavy atom. The number of halogens is 1. The summed E-state index contributed by atoms with van der Waals surface area (Å²) in [6.45, 7) is -0.101. The highest BCUT2D eigenvalue weighted by Gasteiger charge is 2.21.